The molecule has 4 rings (SSSR count). The average Bonchev–Trinajstić information content (AvgIpc) is 3.00. The smallest absolute Gasteiger partial charge is 0.418 e. The molecule has 4 aromatic rings. The van der Waals surface area contributed by atoms with Crippen molar-refractivity contribution in [2.45, 2.75) is 24.1 Å². The molecular formula is C29H28F3N3O8S2. The Labute approximate surface area is 259 Å². The second-order valence-corrected chi connectivity index (χ2v) is 12.0. The number of hydrogen-bond acceptors (Lipinski definition) is 8. The molecule has 0 amide bonds. The van der Waals surface area contributed by atoms with Crippen molar-refractivity contribution in [3.63, 3.8) is 0 Å². The van der Waals surface area contributed by atoms with Crippen LogP contribution in [0.5, 0.6) is 5.75 Å². The number of methoxy groups -OCH3 is 2. The second kappa shape index (κ2) is 13.8. The van der Waals surface area contributed by atoms with Gasteiger partial charge in [0.15, 0.2) is 11.9 Å². The van der Waals surface area contributed by atoms with Crippen LogP contribution >= 0.6 is 0 Å². The number of hydrogen-bond donors (Lipinski definition) is 1. The van der Waals surface area contributed by atoms with Gasteiger partial charge in [-0.3, -0.25) is 9.35 Å². The number of rotatable bonds is 12. The van der Waals surface area contributed by atoms with Crippen molar-refractivity contribution in [2.24, 2.45) is 0 Å². The lowest BCUT2D eigenvalue weighted by molar-refractivity contribution is -0.215. The lowest BCUT2D eigenvalue weighted by atomic mass is 10.1. The first-order valence-electron chi connectivity index (χ1n) is 13.1. The first-order chi connectivity index (χ1) is 21.3. The Hall–Kier alpha value is -4.25. The minimum Gasteiger partial charge on any atom is -0.497 e. The Morgan fingerprint density at radius 1 is 1.00 bits per heavy atom. The molecule has 0 saturated heterocycles. The van der Waals surface area contributed by atoms with Gasteiger partial charge in [-0.05, 0) is 48.9 Å². The van der Waals surface area contributed by atoms with E-state index in [1.165, 1.54) is 55.6 Å². The first kappa shape index (κ1) is 33.6. The summed E-state index contributed by atoms with van der Waals surface area (Å²) in [5, 5.41) is 0.429. The van der Waals surface area contributed by atoms with Gasteiger partial charge in [-0.2, -0.15) is 13.2 Å². The van der Waals surface area contributed by atoms with E-state index < -0.39 is 46.1 Å². The molecule has 0 saturated carbocycles. The van der Waals surface area contributed by atoms with E-state index in [4.69, 9.17) is 9.47 Å². The molecule has 0 spiro atoms. The van der Waals surface area contributed by atoms with Crippen LogP contribution in [0.25, 0.3) is 10.8 Å². The highest BCUT2D eigenvalue weighted by atomic mass is 32.2. The molecule has 0 bridgehead atoms. The van der Waals surface area contributed by atoms with Gasteiger partial charge in [0.2, 0.25) is 0 Å². The lowest BCUT2D eigenvalue weighted by Gasteiger charge is -2.27. The Morgan fingerprint density at radius 2 is 1.62 bits per heavy atom. The van der Waals surface area contributed by atoms with Crippen LogP contribution in [0, 0.1) is 0 Å². The standard InChI is InChI=1S/C29H28F3N3O8S2/c1-4-43-26(36)18-34(45(39,40)22-15-13-21(41-2)14-16-22)28-24-8-6-5-7-23(24)25(17-33-28)35(44(37)38)20-11-9-19(10-12-20)27(42-3)29(30,31)32/h5-17,27H,4,18H2,1-3H3,(H,37,38). The molecule has 0 aliphatic carbocycles. The molecule has 45 heavy (non-hydrogen) atoms. The molecule has 0 aliphatic rings. The van der Waals surface area contributed by atoms with Crippen LogP contribution in [0.4, 0.5) is 30.4 Å². The minimum absolute atomic E-state index is 0.00741. The Bertz CT molecular complexity index is 1790. The summed E-state index contributed by atoms with van der Waals surface area (Å²) >= 11 is -2.75. The van der Waals surface area contributed by atoms with Gasteiger partial charge in [0.05, 0.1) is 36.2 Å². The van der Waals surface area contributed by atoms with Crippen molar-refractivity contribution in [2.75, 3.05) is 36.0 Å². The number of carbonyl (C=O) groups excluding carboxylic acids is 1. The van der Waals surface area contributed by atoms with E-state index in [0.717, 1.165) is 34.0 Å². The predicted molar refractivity (Wildman–Crippen MR) is 161 cm³/mol. The highest BCUT2D eigenvalue weighted by Crippen LogP contribution is 2.40. The molecule has 16 heteroatoms. The van der Waals surface area contributed by atoms with Crippen LogP contribution in [0.2, 0.25) is 0 Å². The fraction of sp³-hybridized carbons (Fsp3) is 0.241. The third-order valence-corrected chi connectivity index (χ3v) is 9.02. The fourth-order valence-electron chi connectivity index (χ4n) is 4.55. The zero-order valence-electron chi connectivity index (χ0n) is 24.1. The number of carbonyl (C=O) groups is 1. The van der Waals surface area contributed by atoms with Crippen molar-refractivity contribution >= 4 is 55.2 Å². The molecular weight excluding hydrogens is 639 g/mol. The number of pyridine rings is 1. The van der Waals surface area contributed by atoms with Gasteiger partial charge in [-0.1, -0.05) is 36.4 Å². The Morgan fingerprint density at radius 3 is 2.16 bits per heavy atom. The quantitative estimate of drug-likeness (QED) is 0.153. The predicted octanol–water partition coefficient (Wildman–Crippen LogP) is 5.53. The third-order valence-electron chi connectivity index (χ3n) is 6.55. The molecule has 240 valence electrons. The molecule has 2 unspecified atom stereocenters. The van der Waals surface area contributed by atoms with E-state index >= 15 is 0 Å². The van der Waals surface area contributed by atoms with E-state index in [0.29, 0.717) is 5.75 Å². The number of esters is 1. The summed E-state index contributed by atoms with van der Waals surface area (Å²) in [6, 6.07) is 16.4. The highest BCUT2D eigenvalue weighted by Gasteiger charge is 2.41. The van der Waals surface area contributed by atoms with Crippen LogP contribution < -0.4 is 13.3 Å². The van der Waals surface area contributed by atoms with Crippen LogP contribution in [-0.2, 0) is 35.6 Å². The minimum atomic E-state index is -4.69. The van der Waals surface area contributed by atoms with Gasteiger partial charge in [-0.15, -0.1) is 0 Å². The fourth-order valence-corrected chi connectivity index (χ4v) is 6.55. The zero-order valence-corrected chi connectivity index (χ0v) is 25.7. The van der Waals surface area contributed by atoms with Gasteiger partial charge >= 0.3 is 12.1 Å². The number of anilines is 3. The topological polar surface area (TPSA) is 136 Å². The van der Waals surface area contributed by atoms with Gasteiger partial charge in [-0.25, -0.2) is 26.2 Å². The normalized spacial score (nSPS) is 13.2. The SMILES string of the molecule is CCOC(=O)CN(c1ncc(N(c2ccc(C(OC)C(F)(F)F)cc2)S(=O)O)c2ccccc12)S(=O)(=O)c1ccc(OC)cc1. The molecule has 1 heterocycles. The molecule has 11 nitrogen and oxygen atoms in total. The Balaban J connectivity index is 1.86. The van der Waals surface area contributed by atoms with Crippen molar-refractivity contribution in [3.8, 4) is 5.75 Å². The lowest BCUT2D eigenvalue weighted by Crippen LogP contribution is -2.37. The highest BCUT2D eigenvalue weighted by molar-refractivity contribution is 7.92. The van der Waals surface area contributed by atoms with Gasteiger partial charge < -0.3 is 14.2 Å². The number of nitrogens with zero attached hydrogens (tertiary/aromatic N) is 3. The molecule has 0 fully saturated rings. The molecule has 2 atom stereocenters. The summed E-state index contributed by atoms with van der Waals surface area (Å²) in [6.45, 7) is 0.819. The van der Waals surface area contributed by atoms with E-state index in [1.807, 2.05) is 0 Å². The number of alkyl halides is 3. The van der Waals surface area contributed by atoms with Gasteiger partial charge in [0.25, 0.3) is 21.3 Å². The van der Waals surface area contributed by atoms with Crippen LogP contribution in [0.1, 0.15) is 18.6 Å². The Kier molecular flexibility index (Phi) is 10.3. The number of fused-ring (bicyclic) bond motifs is 1. The molecule has 0 aliphatic heterocycles. The molecule has 0 radical (unpaired) electrons. The maximum atomic E-state index is 13.9. The third kappa shape index (κ3) is 7.19. The summed E-state index contributed by atoms with van der Waals surface area (Å²) < 4.78 is 107. The molecule has 3 aromatic carbocycles. The van der Waals surface area contributed by atoms with Crippen molar-refractivity contribution in [1.82, 2.24) is 4.98 Å². The first-order valence-corrected chi connectivity index (χ1v) is 15.6. The summed E-state index contributed by atoms with van der Waals surface area (Å²) in [6.07, 6.45) is -5.76. The summed E-state index contributed by atoms with van der Waals surface area (Å²) in [7, 11) is -2.09. The van der Waals surface area contributed by atoms with E-state index in [1.54, 1.807) is 19.1 Å². The number of benzene rings is 3. The summed E-state index contributed by atoms with van der Waals surface area (Å²) in [5.41, 5.74) is -0.167. The zero-order chi connectivity index (χ0) is 32.9. The largest absolute Gasteiger partial charge is 0.497 e. The maximum absolute atomic E-state index is 13.9. The van der Waals surface area contributed by atoms with Gasteiger partial charge in [0.1, 0.15) is 12.3 Å². The molecule has 1 N–H and O–H groups in total. The van der Waals surface area contributed by atoms with Crippen molar-refractivity contribution < 1.29 is 49.4 Å². The van der Waals surface area contributed by atoms with Crippen LogP contribution in [0.3, 0.4) is 0 Å². The summed E-state index contributed by atoms with van der Waals surface area (Å²) in [5.74, 6) is -0.624. The molecule has 1 aromatic heterocycles. The van der Waals surface area contributed by atoms with Crippen molar-refractivity contribution in [3.05, 3.63) is 84.6 Å². The maximum Gasteiger partial charge on any atom is 0.418 e. The van der Waals surface area contributed by atoms with Crippen LogP contribution in [0.15, 0.2) is 83.9 Å². The average molecular weight is 668 g/mol. The number of aromatic nitrogens is 1. The van der Waals surface area contributed by atoms with Gasteiger partial charge in [0, 0.05) is 17.9 Å². The summed E-state index contributed by atoms with van der Waals surface area (Å²) in [4.78, 5) is 16.8. The second-order valence-electron chi connectivity index (χ2n) is 9.28. The van der Waals surface area contributed by atoms with E-state index in [-0.39, 0.29) is 45.0 Å². The van der Waals surface area contributed by atoms with E-state index in [2.05, 4.69) is 9.72 Å². The van der Waals surface area contributed by atoms with Crippen LogP contribution in [-0.4, -0.2) is 61.7 Å². The number of sulfonamides is 1. The number of ether oxygens (including phenoxy) is 3. The van der Waals surface area contributed by atoms with E-state index in [9.17, 15) is 35.1 Å². The van der Waals surface area contributed by atoms with Crippen molar-refractivity contribution in [1.29, 1.82) is 0 Å². The number of halogens is 3. The monoisotopic (exact) mass is 667 g/mol.